The lowest BCUT2D eigenvalue weighted by molar-refractivity contribution is -0.117. The summed E-state index contributed by atoms with van der Waals surface area (Å²) in [6.45, 7) is 3.86. The standard InChI is InChI=1S/C21H21FN2O2/c1-15-2-8-18(9-3-15)24-14-21(12-19(24)25)10-11-23(13-21)20(26)16-4-6-17(22)7-5-16/h2-9H,10-14H2,1H3/t21-/m0/s1. The summed E-state index contributed by atoms with van der Waals surface area (Å²) in [7, 11) is 0. The Kier molecular flexibility index (Phi) is 4.02. The number of anilines is 1. The van der Waals surface area contributed by atoms with Gasteiger partial charge in [-0.3, -0.25) is 9.59 Å². The third kappa shape index (κ3) is 2.98. The number of hydrogen-bond acceptors (Lipinski definition) is 2. The maximum absolute atomic E-state index is 13.1. The van der Waals surface area contributed by atoms with Crippen molar-refractivity contribution in [2.45, 2.75) is 19.8 Å². The number of carbonyl (C=O) groups excluding carboxylic acids is 2. The molecule has 1 atom stereocenters. The largest absolute Gasteiger partial charge is 0.338 e. The van der Waals surface area contributed by atoms with Crippen LogP contribution in [0.15, 0.2) is 48.5 Å². The molecule has 2 aromatic rings. The molecule has 134 valence electrons. The van der Waals surface area contributed by atoms with Crippen LogP contribution < -0.4 is 4.90 Å². The molecule has 0 N–H and O–H groups in total. The van der Waals surface area contributed by atoms with Gasteiger partial charge in [0, 0.05) is 42.7 Å². The molecule has 4 nitrogen and oxygen atoms in total. The highest BCUT2D eigenvalue weighted by molar-refractivity contribution is 5.97. The summed E-state index contributed by atoms with van der Waals surface area (Å²) < 4.78 is 13.1. The van der Waals surface area contributed by atoms with Gasteiger partial charge in [0.05, 0.1) is 0 Å². The molecule has 2 aliphatic heterocycles. The predicted molar refractivity (Wildman–Crippen MR) is 97.5 cm³/mol. The monoisotopic (exact) mass is 352 g/mol. The van der Waals surface area contributed by atoms with Crippen molar-refractivity contribution in [1.82, 2.24) is 4.90 Å². The van der Waals surface area contributed by atoms with Crippen molar-refractivity contribution < 1.29 is 14.0 Å². The molecule has 0 radical (unpaired) electrons. The average Bonchev–Trinajstić information content (AvgIpc) is 3.19. The van der Waals surface area contributed by atoms with Crippen molar-refractivity contribution in [3.63, 3.8) is 0 Å². The van der Waals surface area contributed by atoms with E-state index in [1.54, 1.807) is 4.90 Å². The van der Waals surface area contributed by atoms with E-state index in [0.29, 0.717) is 31.6 Å². The zero-order valence-electron chi connectivity index (χ0n) is 14.7. The third-order valence-electron chi connectivity index (χ3n) is 5.48. The predicted octanol–water partition coefficient (Wildman–Crippen LogP) is 3.40. The van der Waals surface area contributed by atoms with Crippen LogP contribution in [0.2, 0.25) is 0 Å². The van der Waals surface area contributed by atoms with Gasteiger partial charge in [-0.05, 0) is 49.7 Å². The van der Waals surface area contributed by atoms with Crippen molar-refractivity contribution in [1.29, 1.82) is 0 Å². The Balaban J connectivity index is 1.49. The van der Waals surface area contributed by atoms with E-state index in [2.05, 4.69) is 0 Å². The highest BCUT2D eigenvalue weighted by atomic mass is 19.1. The van der Waals surface area contributed by atoms with Gasteiger partial charge in [0.25, 0.3) is 5.91 Å². The van der Waals surface area contributed by atoms with Gasteiger partial charge < -0.3 is 9.80 Å². The van der Waals surface area contributed by atoms with Crippen molar-refractivity contribution >= 4 is 17.5 Å². The minimum absolute atomic E-state index is 0.0943. The Hall–Kier alpha value is -2.69. The molecule has 0 aromatic heterocycles. The second-order valence-corrected chi connectivity index (χ2v) is 7.48. The molecule has 2 fully saturated rings. The van der Waals surface area contributed by atoms with E-state index in [0.717, 1.165) is 17.7 Å². The normalized spacial score (nSPS) is 22.5. The summed E-state index contributed by atoms with van der Waals surface area (Å²) in [5, 5.41) is 0. The van der Waals surface area contributed by atoms with E-state index in [9.17, 15) is 14.0 Å². The zero-order valence-corrected chi connectivity index (χ0v) is 14.7. The van der Waals surface area contributed by atoms with E-state index in [4.69, 9.17) is 0 Å². The third-order valence-corrected chi connectivity index (χ3v) is 5.48. The van der Waals surface area contributed by atoms with Crippen LogP contribution in [0, 0.1) is 18.2 Å². The first-order valence-electron chi connectivity index (χ1n) is 8.88. The Labute approximate surface area is 152 Å². The molecule has 1 spiro atoms. The smallest absolute Gasteiger partial charge is 0.253 e. The number of amides is 2. The second kappa shape index (κ2) is 6.24. The fourth-order valence-electron chi connectivity index (χ4n) is 4.01. The van der Waals surface area contributed by atoms with Crippen molar-refractivity contribution in [3.8, 4) is 0 Å². The Bertz CT molecular complexity index is 847. The van der Waals surface area contributed by atoms with Gasteiger partial charge in [0.15, 0.2) is 0 Å². The van der Waals surface area contributed by atoms with E-state index in [-0.39, 0.29) is 23.0 Å². The molecule has 26 heavy (non-hydrogen) atoms. The van der Waals surface area contributed by atoms with Gasteiger partial charge in [-0.2, -0.15) is 0 Å². The van der Waals surface area contributed by atoms with E-state index < -0.39 is 0 Å². The first-order chi connectivity index (χ1) is 12.5. The molecular formula is C21H21FN2O2. The SMILES string of the molecule is Cc1ccc(N2C[C@@]3(CCN(C(=O)c4ccc(F)cc4)C3)CC2=O)cc1. The van der Waals surface area contributed by atoms with Crippen molar-refractivity contribution in [3.05, 3.63) is 65.5 Å². The fourth-order valence-corrected chi connectivity index (χ4v) is 4.01. The molecule has 0 unspecified atom stereocenters. The van der Waals surface area contributed by atoms with Crippen LogP contribution >= 0.6 is 0 Å². The molecule has 2 heterocycles. The van der Waals surface area contributed by atoms with Crippen LogP contribution in [-0.2, 0) is 4.79 Å². The number of carbonyl (C=O) groups is 2. The molecule has 4 rings (SSSR count). The molecule has 2 aliphatic rings. The zero-order chi connectivity index (χ0) is 18.3. The number of nitrogens with zero attached hydrogens (tertiary/aromatic N) is 2. The molecule has 0 aliphatic carbocycles. The number of benzene rings is 2. The van der Waals surface area contributed by atoms with Gasteiger partial charge in [0.1, 0.15) is 5.82 Å². The van der Waals surface area contributed by atoms with Crippen LogP contribution in [-0.4, -0.2) is 36.3 Å². The molecule has 0 bridgehead atoms. The first kappa shape index (κ1) is 16.8. The number of likely N-dealkylation sites (tertiary alicyclic amines) is 1. The maximum atomic E-state index is 13.1. The summed E-state index contributed by atoms with van der Waals surface area (Å²) in [4.78, 5) is 28.9. The van der Waals surface area contributed by atoms with Crippen LogP contribution in [0.5, 0.6) is 0 Å². The molecular weight excluding hydrogens is 331 g/mol. The average molecular weight is 352 g/mol. The minimum Gasteiger partial charge on any atom is -0.338 e. The Morgan fingerprint density at radius 2 is 1.73 bits per heavy atom. The number of rotatable bonds is 2. The number of aryl methyl sites for hydroxylation is 1. The van der Waals surface area contributed by atoms with Gasteiger partial charge >= 0.3 is 0 Å². The van der Waals surface area contributed by atoms with E-state index >= 15 is 0 Å². The Morgan fingerprint density at radius 3 is 2.42 bits per heavy atom. The van der Waals surface area contributed by atoms with Gasteiger partial charge in [-0.15, -0.1) is 0 Å². The molecule has 2 amide bonds. The van der Waals surface area contributed by atoms with Crippen LogP contribution in [0.1, 0.15) is 28.8 Å². The summed E-state index contributed by atoms with van der Waals surface area (Å²) >= 11 is 0. The summed E-state index contributed by atoms with van der Waals surface area (Å²) in [6, 6.07) is 13.6. The quantitative estimate of drug-likeness (QED) is 0.831. The van der Waals surface area contributed by atoms with E-state index in [1.165, 1.54) is 24.3 Å². The van der Waals surface area contributed by atoms with Crippen molar-refractivity contribution in [2.24, 2.45) is 5.41 Å². The van der Waals surface area contributed by atoms with Gasteiger partial charge in [-0.1, -0.05) is 17.7 Å². The van der Waals surface area contributed by atoms with Crippen molar-refractivity contribution in [2.75, 3.05) is 24.5 Å². The van der Waals surface area contributed by atoms with Crippen LogP contribution in [0.3, 0.4) is 0 Å². The lowest BCUT2D eigenvalue weighted by atomic mass is 9.86. The van der Waals surface area contributed by atoms with E-state index in [1.807, 2.05) is 36.1 Å². The summed E-state index contributed by atoms with van der Waals surface area (Å²) in [6.07, 6.45) is 1.28. The highest BCUT2D eigenvalue weighted by Crippen LogP contribution is 2.42. The fraction of sp³-hybridized carbons (Fsp3) is 0.333. The maximum Gasteiger partial charge on any atom is 0.253 e. The molecule has 2 aromatic carbocycles. The molecule has 5 heteroatoms. The lowest BCUT2D eigenvalue weighted by Crippen LogP contribution is -2.34. The first-order valence-corrected chi connectivity index (χ1v) is 8.88. The highest BCUT2D eigenvalue weighted by Gasteiger charge is 2.48. The number of halogens is 1. The summed E-state index contributed by atoms with van der Waals surface area (Å²) in [5.41, 5.74) is 2.38. The van der Waals surface area contributed by atoms with Gasteiger partial charge in [0.2, 0.25) is 5.91 Å². The van der Waals surface area contributed by atoms with Crippen LogP contribution in [0.25, 0.3) is 0 Å². The Morgan fingerprint density at radius 1 is 1.04 bits per heavy atom. The second-order valence-electron chi connectivity index (χ2n) is 7.48. The van der Waals surface area contributed by atoms with Crippen LogP contribution in [0.4, 0.5) is 10.1 Å². The lowest BCUT2D eigenvalue weighted by Gasteiger charge is -2.24. The minimum atomic E-state index is -0.352. The number of hydrogen-bond donors (Lipinski definition) is 0. The molecule has 0 saturated carbocycles. The molecule has 2 saturated heterocycles. The summed E-state index contributed by atoms with van der Waals surface area (Å²) in [5.74, 6) is -0.331. The van der Waals surface area contributed by atoms with Gasteiger partial charge in [-0.25, -0.2) is 4.39 Å². The topological polar surface area (TPSA) is 40.6 Å².